The molecule has 0 spiro atoms. The van der Waals surface area contributed by atoms with E-state index >= 15 is 0 Å². The molecule has 3 nitrogen and oxygen atoms in total. The first-order chi connectivity index (χ1) is 7.61. The normalized spacial score (nSPS) is 10.8. The molecule has 2 aromatic rings. The van der Waals surface area contributed by atoms with E-state index < -0.39 is 0 Å². The molecule has 0 aliphatic carbocycles. The molecule has 0 fully saturated rings. The number of fused-ring (bicyclic) bond motifs is 1. The Hall–Kier alpha value is -0.770. The Labute approximate surface area is 107 Å². The van der Waals surface area contributed by atoms with E-state index in [0.29, 0.717) is 28.3 Å². The van der Waals surface area contributed by atoms with Gasteiger partial charge in [-0.05, 0) is 30.7 Å². The number of ether oxygens (including phenoxy) is 1. The summed E-state index contributed by atoms with van der Waals surface area (Å²) in [4.78, 5) is 7.88. The number of halogens is 3. The number of benzene rings is 1. The van der Waals surface area contributed by atoms with E-state index in [-0.39, 0.29) is 10.4 Å². The molecule has 0 radical (unpaired) electrons. The van der Waals surface area contributed by atoms with Gasteiger partial charge in [0.05, 0.1) is 17.1 Å². The third kappa shape index (κ3) is 2.17. The maximum atomic E-state index is 6.02. The lowest BCUT2D eigenvalue weighted by atomic mass is 10.2. The average Bonchev–Trinajstić information content (AvgIpc) is 2.20. The second kappa shape index (κ2) is 4.62. The molecule has 2 rings (SSSR count). The summed E-state index contributed by atoms with van der Waals surface area (Å²) in [5, 5.41) is 1.52. The number of aromatic nitrogens is 2. The highest BCUT2D eigenvalue weighted by Gasteiger charge is 2.09. The molecule has 1 aromatic carbocycles. The van der Waals surface area contributed by atoms with Crippen molar-refractivity contribution >= 4 is 45.7 Å². The van der Waals surface area contributed by atoms with Crippen molar-refractivity contribution in [2.45, 2.75) is 6.92 Å². The van der Waals surface area contributed by atoms with Gasteiger partial charge in [-0.3, -0.25) is 0 Å². The van der Waals surface area contributed by atoms with E-state index in [4.69, 9.17) is 39.5 Å². The molecular weight excluding hydrogens is 270 g/mol. The highest BCUT2D eigenvalue weighted by molar-refractivity contribution is 6.37. The van der Waals surface area contributed by atoms with Gasteiger partial charge < -0.3 is 4.74 Å². The Morgan fingerprint density at radius 1 is 1.19 bits per heavy atom. The quantitative estimate of drug-likeness (QED) is 0.615. The van der Waals surface area contributed by atoms with Gasteiger partial charge in [-0.1, -0.05) is 23.2 Å². The zero-order valence-corrected chi connectivity index (χ0v) is 10.6. The molecule has 1 aromatic heterocycles. The van der Waals surface area contributed by atoms with Gasteiger partial charge >= 0.3 is 0 Å². The summed E-state index contributed by atoms with van der Waals surface area (Å²) >= 11 is 17.7. The first-order valence-corrected chi connectivity index (χ1v) is 5.70. The predicted octanol–water partition coefficient (Wildman–Crippen LogP) is 3.99. The zero-order chi connectivity index (χ0) is 11.7. The summed E-state index contributed by atoms with van der Waals surface area (Å²) in [5.74, 6) is 0.560. The van der Waals surface area contributed by atoms with Crippen LogP contribution in [0.15, 0.2) is 12.1 Å². The summed E-state index contributed by atoms with van der Waals surface area (Å²) in [6, 6.07) is 3.36. The Kier molecular flexibility index (Phi) is 3.38. The minimum Gasteiger partial charge on any atom is -0.492 e. The fourth-order valence-electron chi connectivity index (χ4n) is 1.33. The van der Waals surface area contributed by atoms with Gasteiger partial charge in [-0.25, -0.2) is 9.97 Å². The highest BCUT2D eigenvalue weighted by Crippen LogP contribution is 2.32. The van der Waals surface area contributed by atoms with E-state index in [1.807, 2.05) is 6.92 Å². The standard InChI is InChI=1S/C10H7Cl3N2O/c1-2-16-8-3-5-7(4-6(8)11)14-10(13)15-9(5)12/h3-4H,2H2,1H3. The minimum atomic E-state index is 0.0951. The molecule has 0 saturated carbocycles. The van der Waals surface area contributed by atoms with Gasteiger partial charge in [-0.15, -0.1) is 0 Å². The van der Waals surface area contributed by atoms with E-state index in [2.05, 4.69) is 9.97 Å². The second-order valence-corrected chi connectivity index (χ2v) is 4.12. The van der Waals surface area contributed by atoms with Crippen LogP contribution in [0.2, 0.25) is 15.5 Å². The largest absolute Gasteiger partial charge is 0.492 e. The van der Waals surface area contributed by atoms with Crippen LogP contribution in [0.5, 0.6) is 5.75 Å². The summed E-state index contributed by atoms with van der Waals surface area (Å²) in [5.41, 5.74) is 0.596. The average molecular weight is 278 g/mol. The molecule has 0 unspecified atom stereocenters. The smallest absolute Gasteiger partial charge is 0.224 e. The van der Waals surface area contributed by atoms with Crippen LogP contribution in [0.4, 0.5) is 0 Å². The van der Waals surface area contributed by atoms with E-state index in [1.165, 1.54) is 0 Å². The molecule has 0 amide bonds. The van der Waals surface area contributed by atoms with Gasteiger partial charge in [0, 0.05) is 5.39 Å². The first kappa shape index (κ1) is 11.7. The van der Waals surface area contributed by atoms with Crippen LogP contribution < -0.4 is 4.74 Å². The van der Waals surface area contributed by atoms with Crippen molar-refractivity contribution in [3.63, 3.8) is 0 Å². The van der Waals surface area contributed by atoms with E-state index in [1.54, 1.807) is 12.1 Å². The summed E-state index contributed by atoms with van der Waals surface area (Å²) < 4.78 is 5.35. The van der Waals surface area contributed by atoms with Crippen LogP contribution in [-0.2, 0) is 0 Å². The second-order valence-electron chi connectivity index (χ2n) is 3.02. The van der Waals surface area contributed by atoms with E-state index in [0.717, 1.165) is 0 Å². The van der Waals surface area contributed by atoms with Crippen molar-refractivity contribution < 1.29 is 4.74 Å². The Bertz CT molecular complexity index is 545. The maximum absolute atomic E-state index is 6.02. The topological polar surface area (TPSA) is 35.0 Å². The monoisotopic (exact) mass is 276 g/mol. The molecule has 16 heavy (non-hydrogen) atoms. The molecule has 0 saturated heterocycles. The van der Waals surface area contributed by atoms with Crippen LogP contribution in [0, 0.1) is 0 Å². The Morgan fingerprint density at radius 2 is 1.94 bits per heavy atom. The van der Waals surface area contributed by atoms with Crippen LogP contribution >= 0.6 is 34.8 Å². The van der Waals surface area contributed by atoms with Gasteiger partial charge in [0.25, 0.3) is 0 Å². The van der Waals surface area contributed by atoms with Crippen molar-refractivity contribution in [2.75, 3.05) is 6.61 Å². The molecule has 84 valence electrons. The lowest BCUT2D eigenvalue weighted by Crippen LogP contribution is -1.94. The fraction of sp³-hybridized carbons (Fsp3) is 0.200. The van der Waals surface area contributed by atoms with Crippen molar-refractivity contribution in [2.24, 2.45) is 0 Å². The van der Waals surface area contributed by atoms with Crippen LogP contribution in [-0.4, -0.2) is 16.6 Å². The lowest BCUT2D eigenvalue weighted by molar-refractivity contribution is 0.341. The third-order valence-electron chi connectivity index (χ3n) is 1.98. The van der Waals surface area contributed by atoms with Crippen LogP contribution in [0.3, 0.4) is 0 Å². The van der Waals surface area contributed by atoms with Crippen LogP contribution in [0.1, 0.15) is 6.92 Å². The molecular formula is C10H7Cl3N2O. The summed E-state index contributed by atoms with van der Waals surface area (Å²) in [6.45, 7) is 2.40. The third-order valence-corrected chi connectivity index (χ3v) is 2.73. The Morgan fingerprint density at radius 3 is 2.62 bits per heavy atom. The number of nitrogens with zero attached hydrogens (tertiary/aromatic N) is 2. The van der Waals surface area contributed by atoms with Crippen molar-refractivity contribution in [1.29, 1.82) is 0 Å². The predicted molar refractivity (Wildman–Crippen MR) is 65.7 cm³/mol. The van der Waals surface area contributed by atoms with Gasteiger partial charge in [0.2, 0.25) is 5.28 Å². The molecule has 0 N–H and O–H groups in total. The maximum Gasteiger partial charge on any atom is 0.224 e. The molecule has 6 heteroatoms. The van der Waals surface area contributed by atoms with Gasteiger partial charge in [0.1, 0.15) is 10.9 Å². The molecule has 0 bridgehead atoms. The molecule has 0 atom stereocenters. The number of hydrogen-bond donors (Lipinski definition) is 0. The SMILES string of the molecule is CCOc1cc2c(Cl)nc(Cl)nc2cc1Cl. The Balaban J connectivity index is 2.69. The molecule has 1 heterocycles. The summed E-state index contributed by atoms with van der Waals surface area (Å²) in [6.07, 6.45) is 0. The van der Waals surface area contributed by atoms with E-state index in [9.17, 15) is 0 Å². The minimum absolute atomic E-state index is 0.0951. The fourth-order valence-corrected chi connectivity index (χ4v) is 2.00. The molecule has 0 aliphatic heterocycles. The van der Waals surface area contributed by atoms with Crippen LogP contribution in [0.25, 0.3) is 10.9 Å². The first-order valence-electron chi connectivity index (χ1n) is 4.57. The van der Waals surface area contributed by atoms with Crippen molar-refractivity contribution in [3.05, 3.63) is 27.6 Å². The highest BCUT2D eigenvalue weighted by atomic mass is 35.5. The number of hydrogen-bond acceptors (Lipinski definition) is 3. The number of rotatable bonds is 2. The lowest BCUT2D eigenvalue weighted by Gasteiger charge is -2.07. The zero-order valence-electron chi connectivity index (χ0n) is 8.30. The summed E-state index contributed by atoms with van der Waals surface area (Å²) in [7, 11) is 0. The molecule has 0 aliphatic rings. The van der Waals surface area contributed by atoms with Crippen molar-refractivity contribution in [3.8, 4) is 5.75 Å². The van der Waals surface area contributed by atoms with Gasteiger partial charge in [-0.2, -0.15) is 0 Å². The van der Waals surface area contributed by atoms with Gasteiger partial charge in [0.15, 0.2) is 0 Å². The van der Waals surface area contributed by atoms with Crippen molar-refractivity contribution in [1.82, 2.24) is 9.97 Å².